The van der Waals surface area contributed by atoms with Crippen LogP contribution in [0, 0.1) is 5.92 Å². The summed E-state index contributed by atoms with van der Waals surface area (Å²) in [5.41, 5.74) is 6.35. The standard InChI is InChI=1S/C11H17N3OS/c1-3-6-4-8(6)14-9-5-7(12)10(16-9)11(15)13-2/h5-6,8,14H,3-4,12H2,1-2H3,(H,13,15). The van der Waals surface area contributed by atoms with Crippen molar-refractivity contribution < 1.29 is 4.79 Å². The second kappa shape index (κ2) is 4.33. The lowest BCUT2D eigenvalue weighted by atomic mass is 10.3. The van der Waals surface area contributed by atoms with Crippen molar-refractivity contribution in [2.45, 2.75) is 25.8 Å². The van der Waals surface area contributed by atoms with Crippen molar-refractivity contribution in [3.8, 4) is 0 Å². The van der Waals surface area contributed by atoms with Crippen molar-refractivity contribution in [3.05, 3.63) is 10.9 Å². The fourth-order valence-corrected chi connectivity index (χ4v) is 2.81. The number of anilines is 2. The van der Waals surface area contributed by atoms with Gasteiger partial charge in [0.1, 0.15) is 4.88 Å². The van der Waals surface area contributed by atoms with Crippen molar-refractivity contribution in [3.63, 3.8) is 0 Å². The number of hydrogen-bond acceptors (Lipinski definition) is 4. The molecule has 2 atom stereocenters. The van der Waals surface area contributed by atoms with E-state index in [0.29, 0.717) is 16.6 Å². The van der Waals surface area contributed by atoms with Gasteiger partial charge >= 0.3 is 0 Å². The Labute approximate surface area is 99.2 Å². The van der Waals surface area contributed by atoms with Gasteiger partial charge in [-0.25, -0.2) is 0 Å². The molecule has 1 saturated carbocycles. The Morgan fingerprint density at radius 2 is 2.44 bits per heavy atom. The molecule has 16 heavy (non-hydrogen) atoms. The average Bonchev–Trinajstić information content (AvgIpc) is 2.92. The highest BCUT2D eigenvalue weighted by Gasteiger charge is 2.35. The number of nitrogens with one attached hydrogen (secondary N) is 2. The Hall–Kier alpha value is -1.23. The molecule has 0 radical (unpaired) electrons. The van der Waals surface area contributed by atoms with E-state index in [9.17, 15) is 4.79 Å². The lowest BCUT2D eigenvalue weighted by molar-refractivity contribution is 0.0968. The van der Waals surface area contributed by atoms with Gasteiger partial charge in [0.15, 0.2) is 0 Å². The van der Waals surface area contributed by atoms with Crippen LogP contribution < -0.4 is 16.4 Å². The first-order chi connectivity index (χ1) is 7.65. The summed E-state index contributed by atoms with van der Waals surface area (Å²) in [5, 5.41) is 7.00. The third-order valence-corrected chi connectivity index (χ3v) is 4.05. The molecule has 1 aliphatic carbocycles. The van der Waals surface area contributed by atoms with Crippen molar-refractivity contribution in [1.82, 2.24) is 5.32 Å². The van der Waals surface area contributed by atoms with Gasteiger partial charge in [0.25, 0.3) is 5.91 Å². The van der Waals surface area contributed by atoms with E-state index in [4.69, 9.17) is 5.73 Å². The molecule has 0 bridgehead atoms. The predicted octanol–water partition coefficient (Wildman–Crippen LogP) is 1.90. The second-order valence-corrected chi connectivity index (χ2v) is 5.18. The summed E-state index contributed by atoms with van der Waals surface area (Å²) in [7, 11) is 1.61. The Balaban J connectivity index is 2.04. The van der Waals surface area contributed by atoms with Crippen LogP contribution in [0.5, 0.6) is 0 Å². The Morgan fingerprint density at radius 1 is 1.69 bits per heavy atom. The molecule has 0 saturated heterocycles. The molecule has 1 heterocycles. The summed E-state index contributed by atoms with van der Waals surface area (Å²) in [6.45, 7) is 2.20. The van der Waals surface area contributed by atoms with E-state index < -0.39 is 0 Å². The highest BCUT2D eigenvalue weighted by atomic mass is 32.1. The summed E-state index contributed by atoms with van der Waals surface area (Å²) in [4.78, 5) is 12.1. The van der Waals surface area contributed by atoms with E-state index >= 15 is 0 Å². The zero-order chi connectivity index (χ0) is 11.7. The van der Waals surface area contributed by atoms with E-state index in [1.165, 1.54) is 24.2 Å². The monoisotopic (exact) mass is 239 g/mol. The van der Waals surface area contributed by atoms with E-state index in [-0.39, 0.29) is 5.91 Å². The van der Waals surface area contributed by atoms with Gasteiger partial charge in [-0.15, -0.1) is 11.3 Å². The maximum absolute atomic E-state index is 11.5. The minimum Gasteiger partial charge on any atom is -0.397 e. The van der Waals surface area contributed by atoms with Gasteiger partial charge in [-0.05, 0) is 18.4 Å². The van der Waals surface area contributed by atoms with E-state index in [1.807, 2.05) is 6.07 Å². The fraction of sp³-hybridized carbons (Fsp3) is 0.545. The van der Waals surface area contributed by atoms with Gasteiger partial charge in [-0.1, -0.05) is 13.3 Å². The smallest absolute Gasteiger partial charge is 0.263 e. The van der Waals surface area contributed by atoms with Gasteiger partial charge in [0, 0.05) is 13.1 Å². The molecule has 1 aliphatic rings. The molecular formula is C11H17N3OS. The predicted molar refractivity (Wildman–Crippen MR) is 67.9 cm³/mol. The highest BCUT2D eigenvalue weighted by Crippen LogP contribution is 2.39. The molecule has 88 valence electrons. The van der Waals surface area contributed by atoms with Crippen LogP contribution >= 0.6 is 11.3 Å². The fourth-order valence-electron chi connectivity index (χ4n) is 1.83. The molecule has 1 aromatic heterocycles. The van der Waals surface area contributed by atoms with Crippen molar-refractivity contribution in [2.24, 2.45) is 5.92 Å². The highest BCUT2D eigenvalue weighted by molar-refractivity contribution is 7.18. The summed E-state index contributed by atoms with van der Waals surface area (Å²) >= 11 is 1.42. The van der Waals surface area contributed by atoms with Gasteiger partial charge < -0.3 is 16.4 Å². The number of nitrogen functional groups attached to an aromatic ring is 1. The molecular weight excluding hydrogens is 222 g/mol. The summed E-state index contributed by atoms with van der Waals surface area (Å²) < 4.78 is 0. The molecule has 0 spiro atoms. The van der Waals surface area contributed by atoms with Crippen LogP contribution in [-0.4, -0.2) is 19.0 Å². The number of nitrogens with two attached hydrogens (primary N) is 1. The molecule has 2 unspecified atom stereocenters. The largest absolute Gasteiger partial charge is 0.397 e. The quantitative estimate of drug-likeness (QED) is 0.751. The lowest BCUT2D eigenvalue weighted by Gasteiger charge is -2.00. The minimum atomic E-state index is -0.113. The van der Waals surface area contributed by atoms with Gasteiger partial charge in [-0.2, -0.15) is 0 Å². The van der Waals surface area contributed by atoms with E-state index in [2.05, 4.69) is 17.6 Å². The van der Waals surface area contributed by atoms with Crippen LogP contribution in [0.15, 0.2) is 6.07 Å². The molecule has 0 aromatic carbocycles. The van der Waals surface area contributed by atoms with Gasteiger partial charge in [-0.3, -0.25) is 4.79 Å². The minimum absolute atomic E-state index is 0.113. The third kappa shape index (κ3) is 2.14. The van der Waals surface area contributed by atoms with Crippen LogP contribution in [0.2, 0.25) is 0 Å². The molecule has 5 heteroatoms. The first-order valence-corrected chi connectivity index (χ1v) is 6.35. The Morgan fingerprint density at radius 3 is 3.00 bits per heavy atom. The van der Waals surface area contributed by atoms with Gasteiger partial charge in [0.2, 0.25) is 0 Å². The maximum atomic E-state index is 11.5. The number of hydrogen-bond donors (Lipinski definition) is 3. The first-order valence-electron chi connectivity index (χ1n) is 5.53. The molecule has 4 nitrogen and oxygen atoms in total. The Kier molecular flexibility index (Phi) is 3.05. The second-order valence-electron chi connectivity index (χ2n) is 4.13. The maximum Gasteiger partial charge on any atom is 0.263 e. The SMILES string of the molecule is CCC1CC1Nc1cc(N)c(C(=O)NC)s1. The topological polar surface area (TPSA) is 67.1 Å². The summed E-state index contributed by atoms with van der Waals surface area (Å²) in [5.74, 6) is 0.671. The van der Waals surface area contributed by atoms with E-state index in [0.717, 1.165) is 10.9 Å². The first kappa shape index (κ1) is 11.3. The van der Waals surface area contributed by atoms with Gasteiger partial charge in [0.05, 0.1) is 10.7 Å². The zero-order valence-corrected chi connectivity index (χ0v) is 10.4. The molecule has 2 rings (SSSR count). The Bertz CT molecular complexity index is 402. The van der Waals surface area contributed by atoms with Crippen LogP contribution in [0.25, 0.3) is 0 Å². The summed E-state index contributed by atoms with van der Waals surface area (Å²) in [6, 6.07) is 2.42. The van der Waals surface area contributed by atoms with Crippen molar-refractivity contribution in [2.75, 3.05) is 18.1 Å². The molecule has 0 aliphatic heterocycles. The van der Waals surface area contributed by atoms with Crippen molar-refractivity contribution >= 4 is 27.9 Å². The van der Waals surface area contributed by atoms with Crippen LogP contribution in [0.3, 0.4) is 0 Å². The van der Waals surface area contributed by atoms with Crippen LogP contribution in [0.4, 0.5) is 10.7 Å². The number of rotatable bonds is 4. The number of amides is 1. The van der Waals surface area contributed by atoms with E-state index in [1.54, 1.807) is 7.05 Å². The number of carbonyl (C=O) groups is 1. The molecule has 1 fully saturated rings. The molecule has 4 N–H and O–H groups in total. The normalized spacial score (nSPS) is 22.9. The zero-order valence-electron chi connectivity index (χ0n) is 9.54. The number of thiophene rings is 1. The average molecular weight is 239 g/mol. The lowest BCUT2D eigenvalue weighted by Crippen LogP contribution is -2.17. The molecule has 1 aromatic rings. The van der Waals surface area contributed by atoms with Crippen molar-refractivity contribution in [1.29, 1.82) is 0 Å². The summed E-state index contributed by atoms with van der Waals surface area (Å²) in [6.07, 6.45) is 2.43. The number of carbonyl (C=O) groups excluding carboxylic acids is 1. The third-order valence-electron chi connectivity index (χ3n) is 2.97. The molecule has 1 amide bonds. The van der Waals surface area contributed by atoms with Crippen LogP contribution in [0.1, 0.15) is 29.4 Å². The van der Waals surface area contributed by atoms with Crippen LogP contribution in [-0.2, 0) is 0 Å².